The molecule has 16 heavy (non-hydrogen) atoms. The van der Waals surface area contributed by atoms with E-state index in [2.05, 4.69) is 10.0 Å². The van der Waals surface area contributed by atoms with Crippen LogP contribution in [0.4, 0.5) is 0 Å². The molecule has 0 aromatic carbocycles. The molecule has 2 aliphatic rings. The maximum Gasteiger partial charge on any atom is 0.279 e. The molecule has 0 amide bonds. The third-order valence-corrected chi connectivity index (χ3v) is 5.32. The molecule has 94 valence electrons. The zero-order valence-corrected chi connectivity index (χ0v) is 10.6. The Morgan fingerprint density at radius 3 is 2.44 bits per heavy atom. The van der Waals surface area contributed by atoms with Crippen molar-refractivity contribution in [1.82, 2.24) is 14.3 Å². The van der Waals surface area contributed by atoms with E-state index >= 15 is 0 Å². The van der Waals surface area contributed by atoms with Crippen LogP contribution in [-0.2, 0) is 10.2 Å². The van der Waals surface area contributed by atoms with Crippen molar-refractivity contribution in [3.05, 3.63) is 0 Å². The van der Waals surface area contributed by atoms with E-state index in [0.717, 1.165) is 19.4 Å². The lowest BCUT2D eigenvalue weighted by Gasteiger charge is -2.33. The second kappa shape index (κ2) is 5.00. The second-order valence-electron chi connectivity index (χ2n) is 4.65. The molecule has 0 aromatic heterocycles. The highest BCUT2D eigenvalue weighted by atomic mass is 32.2. The van der Waals surface area contributed by atoms with Crippen molar-refractivity contribution in [3.8, 4) is 0 Å². The molecule has 0 saturated carbocycles. The van der Waals surface area contributed by atoms with E-state index in [9.17, 15) is 8.42 Å². The molecular formula is C10H21N3O2S. The van der Waals surface area contributed by atoms with E-state index in [-0.39, 0.29) is 0 Å². The zero-order chi connectivity index (χ0) is 11.6. The molecule has 0 aliphatic carbocycles. The van der Waals surface area contributed by atoms with Crippen molar-refractivity contribution < 1.29 is 8.42 Å². The third kappa shape index (κ3) is 2.56. The first-order chi connectivity index (χ1) is 7.63. The van der Waals surface area contributed by atoms with E-state index in [1.54, 1.807) is 4.31 Å². The molecular weight excluding hydrogens is 226 g/mol. The maximum absolute atomic E-state index is 11.6. The van der Waals surface area contributed by atoms with Gasteiger partial charge in [-0.2, -0.15) is 12.7 Å². The van der Waals surface area contributed by atoms with Crippen molar-refractivity contribution in [2.75, 3.05) is 26.7 Å². The lowest BCUT2D eigenvalue weighted by molar-refractivity contribution is 0.233. The molecule has 6 heteroatoms. The standard InChI is InChI=1S/C10H21N3O2S/c1-11-16(14,15)13-7-4-9(5-8-13)10-3-2-6-12-10/h9-12H,2-8H2,1H3. The number of piperidine rings is 1. The number of nitrogens with zero attached hydrogens (tertiary/aromatic N) is 1. The first-order valence-electron chi connectivity index (χ1n) is 6.05. The van der Waals surface area contributed by atoms with Crippen molar-refractivity contribution in [2.24, 2.45) is 5.92 Å². The van der Waals surface area contributed by atoms with Gasteiger partial charge < -0.3 is 5.32 Å². The average Bonchev–Trinajstić information content (AvgIpc) is 2.83. The fourth-order valence-corrected chi connectivity index (χ4v) is 3.71. The lowest BCUT2D eigenvalue weighted by Crippen LogP contribution is -2.46. The van der Waals surface area contributed by atoms with Gasteiger partial charge in [-0.05, 0) is 38.1 Å². The largest absolute Gasteiger partial charge is 0.314 e. The van der Waals surface area contributed by atoms with Gasteiger partial charge in [0.1, 0.15) is 0 Å². The summed E-state index contributed by atoms with van der Waals surface area (Å²) < 4.78 is 27.1. The summed E-state index contributed by atoms with van der Waals surface area (Å²) in [6.45, 7) is 2.44. The van der Waals surface area contributed by atoms with Crippen LogP contribution in [0.3, 0.4) is 0 Å². The summed E-state index contributed by atoms with van der Waals surface area (Å²) in [4.78, 5) is 0. The normalized spacial score (nSPS) is 29.7. The van der Waals surface area contributed by atoms with Gasteiger partial charge in [-0.15, -0.1) is 0 Å². The Morgan fingerprint density at radius 2 is 1.94 bits per heavy atom. The van der Waals surface area contributed by atoms with Crippen LogP contribution >= 0.6 is 0 Å². The highest BCUT2D eigenvalue weighted by molar-refractivity contribution is 7.87. The lowest BCUT2D eigenvalue weighted by atomic mass is 9.89. The second-order valence-corrected chi connectivity index (χ2v) is 6.52. The van der Waals surface area contributed by atoms with Crippen molar-refractivity contribution in [1.29, 1.82) is 0 Å². The van der Waals surface area contributed by atoms with Crippen LogP contribution in [0.15, 0.2) is 0 Å². The van der Waals surface area contributed by atoms with Crippen LogP contribution in [0, 0.1) is 5.92 Å². The van der Waals surface area contributed by atoms with E-state index in [1.807, 2.05) is 0 Å². The molecule has 2 heterocycles. The molecule has 0 radical (unpaired) electrons. The third-order valence-electron chi connectivity index (χ3n) is 3.76. The van der Waals surface area contributed by atoms with Crippen LogP contribution in [0.2, 0.25) is 0 Å². The van der Waals surface area contributed by atoms with Crippen LogP contribution in [-0.4, -0.2) is 45.4 Å². The summed E-state index contributed by atoms with van der Waals surface area (Å²) in [7, 11) is -1.73. The Bertz CT molecular complexity index is 317. The Morgan fingerprint density at radius 1 is 1.25 bits per heavy atom. The summed E-state index contributed by atoms with van der Waals surface area (Å²) in [5.41, 5.74) is 0. The topological polar surface area (TPSA) is 61.4 Å². The van der Waals surface area contributed by atoms with Crippen LogP contribution in [0.1, 0.15) is 25.7 Å². The molecule has 0 bridgehead atoms. The molecule has 0 aromatic rings. The van der Waals surface area contributed by atoms with Gasteiger partial charge >= 0.3 is 0 Å². The molecule has 2 rings (SSSR count). The van der Waals surface area contributed by atoms with Gasteiger partial charge in [0.05, 0.1) is 0 Å². The van der Waals surface area contributed by atoms with E-state index in [4.69, 9.17) is 0 Å². The first-order valence-corrected chi connectivity index (χ1v) is 7.49. The Balaban J connectivity index is 1.87. The zero-order valence-electron chi connectivity index (χ0n) is 9.78. The van der Waals surface area contributed by atoms with Gasteiger partial charge in [-0.3, -0.25) is 0 Å². The predicted octanol–water partition coefficient (Wildman–Crippen LogP) is -0.0854. The Kier molecular flexibility index (Phi) is 3.84. The molecule has 2 saturated heterocycles. The molecule has 0 spiro atoms. The van der Waals surface area contributed by atoms with Gasteiger partial charge in [-0.1, -0.05) is 0 Å². The minimum absolute atomic E-state index is 0.624. The molecule has 1 unspecified atom stereocenters. The molecule has 2 N–H and O–H groups in total. The van der Waals surface area contributed by atoms with Gasteiger partial charge in [0.15, 0.2) is 0 Å². The number of hydrogen-bond acceptors (Lipinski definition) is 3. The predicted molar refractivity (Wildman–Crippen MR) is 63.3 cm³/mol. The van der Waals surface area contributed by atoms with Crippen LogP contribution in [0.25, 0.3) is 0 Å². The quantitative estimate of drug-likeness (QED) is 0.733. The summed E-state index contributed by atoms with van der Waals surface area (Å²) in [6, 6.07) is 0.624. The fourth-order valence-electron chi connectivity index (χ4n) is 2.76. The molecule has 2 aliphatic heterocycles. The SMILES string of the molecule is CNS(=O)(=O)N1CCC(C2CCCN2)CC1. The van der Waals surface area contributed by atoms with Crippen molar-refractivity contribution in [2.45, 2.75) is 31.7 Å². The minimum atomic E-state index is -3.21. The van der Waals surface area contributed by atoms with Crippen LogP contribution in [0.5, 0.6) is 0 Å². The van der Waals surface area contributed by atoms with E-state index < -0.39 is 10.2 Å². The number of hydrogen-bond donors (Lipinski definition) is 2. The average molecular weight is 247 g/mol. The van der Waals surface area contributed by atoms with Gasteiger partial charge in [0.25, 0.3) is 10.2 Å². The summed E-state index contributed by atoms with van der Waals surface area (Å²) in [5.74, 6) is 0.658. The van der Waals surface area contributed by atoms with Gasteiger partial charge in [0.2, 0.25) is 0 Å². The molecule has 2 fully saturated rings. The Hall–Kier alpha value is -0.170. The van der Waals surface area contributed by atoms with Gasteiger partial charge in [-0.25, -0.2) is 4.72 Å². The minimum Gasteiger partial charge on any atom is -0.314 e. The monoisotopic (exact) mass is 247 g/mol. The van der Waals surface area contributed by atoms with Crippen molar-refractivity contribution in [3.63, 3.8) is 0 Å². The van der Waals surface area contributed by atoms with E-state index in [1.165, 1.54) is 19.9 Å². The molecule has 5 nitrogen and oxygen atoms in total. The summed E-state index contributed by atoms with van der Waals surface area (Å²) in [5, 5.41) is 3.51. The van der Waals surface area contributed by atoms with E-state index in [0.29, 0.717) is 25.0 Å². The van der Waals surface area contributed by atoms with Gasteiger partial charge in [0, 0.05) is 26.2 Å². The number of nitrogens with one attached hydrogen (secondary N) is 2. The maximum atomic E-state index is 11.6. The highest BCUT2D eigenvalue weighted by Crippen LogP contribution is 2.26. The number of rotatable bonds is 3. The Labute approximate surface area is 97.8 Å². The van der Waals surface area contributed by atoms with Crippen LogP contribution < -0.4 is 10.0 Å². The fraction of sp³-hybridized carbons (Fsp3) is 1.00. The van der Waals surface area contributed by atoms with Crippen molar-refractivity contribution >= 4 is 10.2 Å². The first kappa shape index (κ1) is 12.3. The summed E-state index contributed by atoms with van der Waals surface area (Å²) in [6.07, 6.45) is 4.49. The smallest absolute Gasteiger partial charge is 0.279 e. The molecule has 1 atom stereocenters. The summed E-state index contributed by atoms with van der Waals surface area (Å²) >= 11 is 0. The highest BCUT2D eigenvalue weighted by Gasteiger charge is 2.31.